The molecule has 1 N–H and O–H groups in total. The molecule has 0 radical (unpaired) electrons. The van der Waals surface area contributed by atoms with E-state index in [1.165, 1.54) is 0 Å². The second-order valence-electron chi connectivity index (χ2n) is 7.81. The van der Waals surface area contributed by atoms with Crippen molar-refractivity contribution in [1.82, 2.24) is 5.06 Å². The molecular formula is C24H25N3O7. The second-order valence-corrected chi connectivity index (χ2v) is 7.81. The van der Waals surface area contributed by atoms with Crippen molar-refractivity contribution in [2.24, 2.45) is 0 Å². The van der Waals surface area contributed by atoms with Crippen LogP contribution in [0.3, 0.4) is 0 Å². The van der Waals surface area contributed by atoms with Crippen molar-refractivity contribution >= 4 is 35.0 Å². The maximum absolute atomic E-state index is 13.0. The molecule has 0 aromatic heterocycles. The predicted octanol–water partition coefficient (Wildman–Crippen LogP) is 2.14. The maximum Gasteiger partial charge on any atom is 0.254 e. The van der Waals surface area contributed by atoms with Gasteiger partial charge in [-0.1, -0.05) is 0 Å². The van der Waals surface area contributed by atoms with Crippen LogP contribution in [0.5, 0.6) is 11.5 Å². The van der Waals surface area contributed by atoms with Gasteiger partial charge < -0.3 is 14.7 Å². The van der Waals surface area contributed by atoms with Gasteiger partial charge in [0, 0.05) is 0 Å². The zero-order chi connectivity index (χ0) is 24.4. The minimum atomic E-state index is -1.28. The van der Waals surface area contributed by atoms with Crippen LogP contribution in [0.25, 0.3) is 0 Å². The standard InChI is InChI=1S/C24H25N3O7/c1-3-33-17-9-5-15(6-10-17)25-21(28)13-19(23(25)30)27(32)20-14-22(29)26(24(20)31)16-7-11-18(12-8-16)34-4-2/h5-12,19-20,32H,3-4,13-14H2,1-2H3/t19-,20-/m0/s1. The van der Waals surface area contributed by atoms with Crippen LogP contribution in [0.15, 0.2) is 48.5 Å². The molecule has 2 atom stereocenters. The molecule has 0 aliphatic carbocycles. The number of rotatable bonds is 8. The smallest absolute Gasteiger partial charge is 0.254 e. The fraction of sp³-hybridized carbons (Fsp3) is 0.333. The lowest BCUT2D eigenvalue weighted by atomic mass is 10.1. The minimum Gasteiger partial charge on any atom is -0.494 e. The number of hydrogen-bond donors (Lipinski definition) is 1. The molecule has 4 rings (SSSR count). The number of carbonyl (C=O) groups excluding carboxylic acids is 4. The Balaban J connectivity index is 1.49. The summed E-state index contributed by atoms with van der Waals surface area (Å²) in [7, 11) is 0. The number of ether oxygens (including phenoxy) is 2. The van der Waals surface area contributed by atoms with Crippen molar-refractivity contribution < 1.29 is 33.9 Å². The van der Waals surface area contributed by atoms with Crippen molar-refractivity contribution in [3.63, 3.8) is 0 Å². The monoisotopic (exact) mass is 467 g/mol. The molecule has 2 fully saturated rings. The molecule has 2 aromatic rings. The Hall–Kier alpha value is -3.76. The lowest BCUT2D eigenvalue weighted by Crippen LogP contribution is -2.49. The summed E-state index contributed by atoms with van der Waals surface area (Å²) in [5, 5.41) is 11.3. The van der Waals surface area contributed by atoms with Crippen molar-refractivity contribution in [1.29, 1.82) is 0 Å². The number of anilines is 2. The molecule has 10 nitrogen and oxygen atoms in total. The largest absolute Gasteiger partial charge is 0.494 e. The number of benzene rings is 2. The first-order valence-corrected chi connectivity index (χ1v) is 11.0. The fourth-order valence-electron chi connectivity index (χ4n) is 4.12. The highest BCUT2D eigenvalue weighted by Crippen LogP contribution is 2.31. The van der Waals surface area contributed by atoms with E-state index in [1.807, 2.05) is 13.8 Å². The van der Waals surface area contributed by atoms with Crippen LogP contribution >= 0.6 is 0 Å². The average molecular weight is 467 g/mol. The highest BCUT2D eigenvalue weighted by molar-refractivity contribution is 6.24. The highest BCUT2D eigenvalue weighted by atomic mass is 16.5. The van der Waals surface area contributed by atoms with Gasteiger partial charge in [-0.25, -0.2) is 9.80 Å². The van der Waals surface area contributed by atoms with Crippen LogP contribution in [-0.4, -0.2) is 59.2 Å². The number of nitrogens with zero attached hydrogens (tertiary/aromatic N) is 3. The van der Waals surface area contributed by atoms with E-state index in [-0.39, 0.29) is 12.8 Å². The van der Waals surface area contributed by atoms with E-state index in [4.69, 9.17) is 9.47 Å². The van der Waals surface area contributed by atoms with E-state index in [0.29, 0.717) is 41.2 Å². The maximum atomic E-state index is 13.0. The summed E-state index contributed by atoms with van der Waals surface area (Å²) < 4.78 is 10.7. The lowest BCUT2D eigenvalue weighted by molar-refractivity contribution is -0.172. The van der Waals surface area contributed by atoms with Gasteiger partial charge in [0.1, 0.15) is 23.6 Å². The van der Waals surface area contributed by atoms with E-state index < -0.39 is 35.7 Å². The van der Waals surface area contributed by atoms with Gasteiger partial charge in [0.2, 0.25) is 11.8 Å². The molecule has 2 saturated heterocycles. The number of imide groups is 2. The van der Waals surface area contributed by atoms with Gasteiger partial charge in [-0.05, 0) is 62.4 Å². The molecule has 178 valence electrons. The molecule has 2 heterocycles. The highest BCUT2D eigenvalue weighted by Gasteiger charge is 2.50. The summed E-state index contributed by atoms with van der Waals surface area (Å²) in [5.41, 5.74) is 0.665. The van der Waals surface area contributed by atoms with Crippen LogP contribution in [0.1, 0.15) is 26.7 Å². The van der Waals surface area contributed by atoms with Crippen LogP contribution in [0.2, 0.25) is 0 Å². The molecule has 0 saturated carbocycles. The van der Waals surface area contributed by atoms with Gasteiger partial charge in [-0.15, -0.1) is 0 Å². The summed E-state index contributed by atoms with van der Waals surface area (Å²) >= 11 is 0. The Morgan fingerprint density at radius 1 is 0.735 bits per heavy atom. The molecule has 34 heavy (non-hydrogen) atoms. The van der Waals surface area contributed by atoms with Crippen LogP contribution in [0, 0.1) is 0 Å². The summed E-state index contributed by atoms with van der Waals surface area (Å²) in [5.74, 6) is -1.19. The lowest BCUT2D eigenvalue weighted by Gasteiger charge is -2.25. The number of carbonyl (C=O) groups is 4. The Morgan fingerprint density at radius 3 is 1.41 bits per heavy atom. The quantitative estimate of drug-likeness (QED) is 0.464. The van der Waals surface area contributed by atoms with Gasteiger partial charge in [0.05, 0.1) is 37.4 Å². The molecule has 2 aromatic carbocycles. The van der Waals surface area contributed by atoms with Crippen LogP contribution in [-0.2, 0) is 19.2 Å². The summed E-state index contributed by atoms with van der Waals surface area (Å²) in [6.07, 6.45) is -0.632. The third-order valence-corrected chi connectivity index (χ3v) is 5.70. The van der Waals surface area contributed by atoms with Crippen molar-refractivity contribution in [2.75, 3.05) is 23.0 Å². The van der Waals surface area contributed by atoms with E-state index in [0.717, 1.165) is 9.80 Å². The summed E-state index contributed by atoms with van der Waals surface area (Å²) in [4.78, 5) is 53.2. The van der Waals surface area contributed by atoms with Gasteiger partial charge >= 0.3 is 0 Å². The molecular weight excluding hydrogens is 442 g/mol. The number of hydrogen-bond acceptors (Lipinski definition) is 8. The van der Waals surface area contributed by atoms with Crippen LogP contribution in [0.4, 0.5) is 11.4 Å². The van der Waals surface area contributed by atoms with Crippen molar-refractivity contribution in [3.05, 3.63) is 48.5 Å². The third kappa shape index (κ3) is 4.25. The van der Waals surface area contributed by atoms with E-state index >= 15 is 0 Å². The first-order chi connectivity index (χ1) is 16.3. The van der Waals surface area contributed by atoms with E-state index in [9.17, 15) is 24.4 Å². The molecule has 4 amide bonds. The SMILES string of the molecule is CCOc1ccc(N2C(=O)C[C@H](N(O)[C@H]3CC(=O)N(c4ccc(OCC)cc4)C3=O)C2=O)cc1. The van der Waals surface area contributed by atoms with Gasteiger partial charge in [-0.3, -0.25) is 19.2 Å². The van der Waals surface area contributed by atoms with Crippen molar-refractivity contribution in [2.45, 2.75) is 38.8 Å². The first kappa shape index (κ1) is 23.4. The van der Waals surface area contributed by atoms with E-state index in [1.54, 1.807) is 48.5 Å². The normalized spacial score (nSPS) is 20.6. The molecule has 0 bridgehead atoms. The molecule has 0 unspecified atom stereocenters. The van der Waals surface area contributed by atoms with Crippen molar-refractivity contribution in [3.8, 4) is 11.5 Å². The summed E-state index contributed by atoms with van der Waals surface area (Å²) in [6, 6.07) is 10.3. The fourth-order valence-corrected chi connectivity index (χ4v) is 4.12. The molecule has 2 aliphatic rings. The Morgan fingerprint density at radius 2 is 1.09 bits per heavy atom. The first-order valence-electron chi connectivity index (χ1n) is 11.0. The van der Waals surface area contributed by atoms with Crippen LogP contribution < -0.4 is 19.3 Å². The zero-order valence-corrected chi connectivity index (χ0v) is 18.8. The Bertz CT molecular complexity index is 1010. The molecule has 0 spiro atoms. The molecule has 2 aliphatic heterocycles. The third-order valence-electron chi connectivity index (χ3n) is 5.70. The topological polar surface area (TPSA) is 117 Å². The predicted molar refractivity (Wildman–Crippen MR) is 121 cm³/mol. The van der Waals surface area contributed by atoms with Gasteiger partial charge in [0.25, 0.3) is 11.8 Å². The zero-order valence-electron chi connectivity index (χ0n) is 18.8. The number of amides is 4. The average Bonchev–Trinajstić information content (AvgIpc) is 3.29. The van der Waals surface area contributed by atoms with Gasteiger partial charge in [-0.2, -0.15) is 5.06 Å². The summed E-state index contributed by atoms with van der Waals surface area (Å²) in [6.45, 7) is 4.64. The Kier molecular flexibility index (Phi) is 6.62. The number of hydroxylamine groups is 2. The minimum absolute atomic E-state index is 0.316. The van der Waals surface area contributed by atoms with E-state index in [2.05, 4.69) is 0 Å². The van der Waals surface area contributed by atoms with Gasteiger partial charge in [0.15, 0.2) is 0 Å². The molecule has 10 heteroatoms. The Labute approximate surface area is 196 Å². The second kappa shape index (κ2) is 9.62.